The Morgan fingerprint density at radius 1 is 1.50 bits per heavy atom. The van der Waals surface area contributed by atoms with Gasteiger partial charge < -0.3 is 16.0 Å². The zero-order chi connectivity index (χ0) is 12.1. The molecule has 0 aromatic rings. The Bertz CT molecular complexity index is 305. The fourth-order valence-corrected chi connectivity index (χ4v) is 1.40. The Morgan fingerprint density at radius 3 is 2.69 bits per heavy atom. The van der Waals surface area contributed by atoms with E-state index in [2.05, 4.69) is 5.32 Å². The van der Waals surface area contributed by atoms with Gasteiger partial charge in [0, 0.05) is 33.1 Å². The van der Waals surface area contributed by atoms with Crippen molar-refractivity contribution in [3.8, 4) is 0 Å². The fourth-order valence-electron chi connectivity index (χ4n) is 1.40. The number of nitrogens with two attached hydrogens (primary N) is 1. The molecule has 16 heavy (non-hydrogen) atoms. The summed E-state index contributed by atoms with van der Waals surface area (Å²) >= 11 is 0. The van der Waals surface area contributed by atoms with Crippen LogP contribution in [0.3, 0.4) is 0 Å². The lowest BCUT2D eigenvalue weighted by atomic mass is 10.3. The first kappa shape index (κ1) is 12.4. The van der Waals surface area contributed by atoms with Crippen LogP contribution < -0.4 is 11.1 Å². The molecule has 7 heteroatoms. The third-order valence-corrected chi connectivity index (χ3v) is 2.26. The third-order valence-electron chi connectivity index (χ3n) is 2.26. The molecule has 1 rings (SSSR count). The first-order valence-electron chi connectivity index (χ1n) is 5.08. The number of carbonyl (C=O) groups excluding carboxylic acids is 3. The number of nitrogens with zero attached hydrogens (tertiary/aromatic N) is 2. The summed E-state index contributed by atoms with van der Waals surface area (Å²) in [7, 11) is 1.55. The Kier molecular flexibility index (Phi) is 4.24. The second-order valence-electron chi connectivity index (χ2n) is 3.57. The average molecular weight is 228 g/mol. The number of nitrogens with one attached hydrogen (secondary N) is 1. The summed E-state index contributed by atoms with van der Waals surface area (Å²) in [5.41, 5.74) is 5.22. The van der Waals surface area contributed by atoms with Gasteiger partial charge in [0.25, 0.3) is 0 Å². The zero-order valence-electron chi connectivity index (χ0n) is 9.23. The Hall–Kier alpha value is -1.63. The van der Waals surface area contributed by atoms with Crippen molar-refractivity contribution in [3.63, 3.8) is 0 Å². The van der Waals surface area contributed by atoms with Gasteiger partial charge in [-0.2, -0.15) is 0 Å². The Balaban J connectivity index is 2.35. The molecule has 1 aliphatic rings. The van der Waals surface area contributed by atoms with E-state index in [-0.39, 0.29) is 37.4 Å². The maximum Gasteiger partial charge on any atom is 0.326 e. The highest BCUT2D eigenvalue weighted by atomic mass is 16.2. The van der Waals surface area contributed by atoms with Crippen molar-refractivity contribution in [1.82, 2.24) is 15.1 Å². The van der Waals surface area contributed by atoms with E-state index >= 15 is 0 Å². The molecule has 0 unspecified atom stereocenters. The molecule has 0 aliphatic carbocycles. The maximum atomic E-state index is 11.4. The Labute approximate surface area is 93.5 Å². The molecule has 1 aliphatic heterocycles. The molecule has 0 bridgehead atoms. The van der Waals surface area contributed by atoms with Gasteiger partial charge in [-0.1, -0.05) is 0 Å². The van der Waals surface area contributed by atoms with Crippen molar-refractivity contribution in [2.75, 3.05) is 33.2 Å². The number of rotatable bonds is 5. The minimum Gasteiger partial charge on any atom is -0.355 e. The van der Waals surface area contributed by atoms with Crippen LogP contribution in [0.25, 0.3) is 0 Å². The molecule has 0 spiro atoms. The molecule has 0 aromatic carbocycles. The fraction of sp³-hybridized carbons (Fsp3) is 0.667. The molecule has 0 radical (unpaired) electrons. The number of likely N-dealkylation sites (N-methyl/N-ethyl adjacent to an activating group) is 1. The van der Waals surface area contributed by atoms with Crippen LogP contribution in [0.1, 0.15) is 6.42 Å². The van der Waals surface area contributed by atoms with Gasteiger partial charge in [-0.3, -0.25) is 14.5 Å². The highest BCUT2D eigenvalue weighted by Gasteiger charge is 2.33. The SMILES string of the molecule is CN1CC(=O)N(CCC(=O)NCCN)C1=O. The molecule has 0 aromatic heterocycles. The van der Waals surface area contributed by atoms with Crippen LogP contribution in [0.4, 0.5) is 4.79 Å². The maximum absolute atomic E-state index is 11.4. The highest BCUT2D eigenvalue weighted by molar-refractivity contribution is 6.02. The topological polar surface area (TPSA) is 95.7 Å². The standard InChI is InChI=1S/C9H16N4O3/c1-12-6-8(15)13(9(12)16)5-2-7(14)11-4-3-10/h2-6,10H2,1H3,(H,11,14). The van der Waals surface area contributed by atoms with Gasteiger partial charge in [-0.25, -0.2) is 4.79 Å². The molecule has 1 heterocycles. The lowest BCUT2D eigenvalue weighted by molar-refractivity contribution is -0.126. The predicted octanol–water partition coefficient (Wildman–Crippen LogP) is -1.65. The minimum atomic E-state index is -0.350. The van der Waals surface area contributed by atoms with Gasteiger partial charge in [0.2, 0.25) is 11.8 Å². The molecule has 0 atom stereocenters. The minimum absolute atomic E-state index is 0.0866. The van der Waals surface area contributed by atoms with E-state index in [1.165, 1.54) is 4.90 Å². The lowest BCUT2D eigenvalue weighted by Crippen LogP contribution is -2.36. The number of amides is 4. The van der Waals surface area contributed by atoms with Crippen LogP contribution in [0, 0.1) is 0 Å². The van der Waals surface area contributed by atoms with Gasteiger partial charge >= 0.3 is 6.03 Å². The summed E-state index contributed by atoms with van der Waals surface area (Å²) in [6, 6.07) is -0.350. The number of imide groups is 1. The molecule has 90 valence electrons. The summed E-state index contributed by atoms with van der Waals surface area (Å²) in [5.74, 6) is -0.472. The highest BCUT2D eigenvalue weighted by Crippen LogP contribution is 2.07. The van der Waals surface area contributed by atoms with Gasteiger partial charge in [-0.15, -0.1) is 0 Å². The van der Waals surface area contributed by atoms with Crippen molar-refractivity contribution in [3.05, 3.63) is 0 Å². The van der Waals surface area contributed by atoms with Crippen molar-refractivity contribution in [2.45, 2.75) is 6.42 Å². The second-order valence-corrected chi connectivity index (χ2v) is 3.57. The average Bonchev–Trinajstić information content (AvgIpc) is 2.48. The smallest absolute Gasteiger partial charge is 0.326 e. The number of urea groups is 1. The van der Waals surface area contributed by atoms with Gasteiger partial charge in [0.15, 0.2) is 0 Å². The van der Waals surface area contributed by atoms with Gasteiger partial charge in [-0.05, 0) is 0 Å². The van der Waals surface area contributed by atoms with Crippen molar-refractivity contribution >= 4 is 17.8 Å². The van der Waals surface area contributed by atoms with Crippen molar-refractivity contribution in [2.24, 2.45) is 5.73 Å². The van der Waals surface area contributed by atoms with Gasteiger partial charge in [0.1, 0.15) is 6.54 Å². The number of carbonyl (C=O) groups is 3. The summed E-state index contributed by atoms with van der Waals surface area (Å²) in [4.78, 5) is 36.4. The Morgan fingerprint density at radius 2 is 2.19 bits per heavy atom. The van der Waals surface area contributed by atoms with Crippen LogP contribution in [-0.2, 0) is 9.59 Å². The first-order chi connectivity index (χ1) is 7.56. The van der Waals surface area contributed by atoms with Gasteiger partial charge in [0.05, 0.1) is 0 Å². The predicted molar refractivity (Wildman–Crippen MR) is 56.4 cm³/mol. The largest absolute Gasteiger partial charge is 0.355 e. The third kappa shape index (κ3) is 2.93. The van der Waals surface area contributed by atoms with Crippen LogP contribution in [0.5, 0.6) is 0 Å². The summed E-state index contributed by atoms with van der Waals surface area (Å²) < 4.78 is 0. The van der Waals surface area contributed by atoms with Crippen LogP contribution in [0.15, 0.2) is 0 Å². The van der Waals surface area contributed by atoms with E-state index in [1.54, 1.807) is 7.05 Å². The number of hydrogen-bond acceptors (Lipinski definition) is 4. The van der Waals surface area contributed by atoms with Crippen molar-refractivity contribution in [1.29, 1.82) is 0 Å². The molecule has 1 saturated heterocycles. The monoisotopic (exact) mass is 228 g/mol. The molecule has 7 nitrogen and oxygen atoms in total. The first-order valence-corrected chi connectivity index (χ1v) is 5.08. The summed E-state index contributed by atoms with van der Waals surface area (Å²) in [6.45, 7) is 0.984. The molecule has 3 N–H and O–H groups in total. The van der Waals surface area contributed by atoms with E-state index in [0.717, 1.165) is 4.90 Å². The van der Waals surface area contributed by atoms with E-state index in [4.69, 9.17) is 5.73 Å². The van der Waals surface area contributed by atoms with Crippen LogP contribution in [-0.4, -0.2) is 60.9 Å². The lowest BCUT2D eigenvalue weighted by Gasteiger charge is -2.13. The molecule has 1 fully saturated rings. The van der Waals surface area contributed by atoms with E-state index < -0.39 is 0 Å². The summed E-state index contributed by atoms with van der Waals surface area (Å²) in [6.07, 6.45) is 0.116. The normalized spacial score (nSPS) is 15.9. The van der Waals surface area contributed by atoms with E-state index in [9.17, 15) is 14.4 Å². The molecule has 0 saturated carbocycles. The van der Waals surface area contributed by atoms with Crippen molar-refractivity contribution < 1.29 is 14.4 Å². The van der Waals surface area contributed by atoms with E-state index in [0.29, 0.717) is 13.1 Å². The zero-order valence-corrected chi connectivity index (χ0v) is 9.23. The molecular formula is C9H16N4O3. The quantitative estimate of drug-likeness (QED) is 0.551. The summed E-state index contributed by atoms with van der Waals surface area (Å²) in [5, 5.41) is 2.57. The molecule has 4 amide bonds. The molecular weight excluding hydrogens is 212 g/mol. The second kappa shape index (κ2) is 5.45. The van der Waals surface area contributed by atoms with E-state index in [1.807, 2.05) is 0 Å². The van der Waals surface area contributed by atoms with Crippen LogP contribution in [0.2, 0.25) is 0 Å². The number of hydrogen-bond donors (Lipinski definition) is 2. The van der Waals surface area contributed by atoms with Crippen LogP contribution >= 0.6 is 0 Å².